The number of nitrogens with one attached hydrogen (secondary N) is 1. The van der Waals surface area contributed by atoms with Crippen LogP contribution in [0.5, 0.6) is 5.75 Å². The van der Waals surface area contributed by atoms with Crippen LogP contribution in [-0.2, 0) is 6.42 Å². The molecule has 1 unspecified atom stereocenters. The lowest BCUT2D eigenvalue weighted by Crippen LogP contribution is -2.13. The molecule has 0 amide bonds. The van der Waals surface area contributed by atoms with Gasteiger partial charge in [0.25, 0.3) is 0 Å². The summed E-state index contributed by atoms with van der Waals surface area (Å²) in [5.41, 5.74) is 2.85. The molecule has 2 heteroatoms. The highest BCUT2D eigenvalue weighted by atomic mass is 16.5. The zero-order chi connectivity index (χ0) is 13.0. The molecule has 1 aliphatic carbocycles. The van der Waals surface area contributed by atoms with E-state index in [1.807, 2.05) is 7.05 Å². The minimum absolute atomic E-state index is 0.511. The Bertz CT molecular complexity index is 385. The summed E-state index contributed by atoms with van der Waals surface area (Å²) in [6.45, 7) is 5.33. The summed E-state index contributed by atoms with van der Waals surface area (Å²) in [6, 6.07) is 6.99. The third kappa shape index (κ3) is 2.69. The van der Waals surface area contributed by atoms with Crippen LogP contribution in [0.4, 0.5) is 0 Å². The monoisotopic (exact) mass is 247 g/mol. The van der Waals surface area contributed by atoms with Crippen molar-refractivity contribution in [1.82, 2.24) is 5.32 Å². The summed E-state index contributed by atoms with van der Waals surface area (Å²) in [7, 11) is 2.04. The van der Waals surface area contributed by atoms with Gasteiger partial charge in [-0.3, -0.25) is 0 Å². The van der Waals surface area contributed by atoms with Crippen LogP contribution in [0, 0.1) is 5.92 Å². The molecule has 2 nitrogen and oxygen atoms in total. The molecule has 0 radical (unpaired) electrons. The van der Waals surface area contributed by atoms with E-state index in [1.165, 1.54) is 30.4 Å². The minimum Gasteiger partial charge on any atom is -0.493 e. The van der Waals surface area contributed by atoms with Gasteiger partial charge < -0.3 is 10.1 Å². The number of benzene rings is 1. The standard InChI is InChI=1S/C16H25NO/c1-4-12(5-2)11-18-16-8-6-7-13-14(16)9-10-15(13)17-3/h6-8,12,15,17H,4-5,9-11H2,1-3H3. The largest absolute Gasteiger partial charge is 0.493 e. The van der Waals surface area contributed by atoms with E-state index in [9.17, 15) is 0 Å². The third-order valence-corrected chi connectivity index (χ3v) is 4.21. The topological polar surface area (TPSA) is 21.3 Å². The molecule has 0 aromatic heterocycles. The van der Waals surface area contributed by atoms with Gasteiger partial charge in [0.15, 0.2) is 0 Å². The van der Waals surface area contributed by atoms with Gasteiger partial charge in [-0.05, 0) is 43.0 Å². The van der Waals surface area contributed by atoms with E-state index in [0.29, 0.717) is 12.0 Å². The van der Waals surface area contributed by atoms with Crippen LogP contribution in [0.25, 0.3) is 0 Å². The Labute approximate surface area is 111 Å². The van der Waals surface area contributed by atoms with E-state index in [-0.39, 0.29) is 0 Å². The van der Waals surface area contributed by atoms with Gasteiger partial charge in [-0.2, -0.15) is 0 Å². The molecule has 0 fully saturated rings. The van der Waals surface area contributed by atoms with Crippen LogP contribution in [0.2, 0.25) is 0 Å². The van der Waals surface area contributed by atoms with Gasteiger partial charge in [0.1, 0.15) is 5.75 Å². The second kappa shape index (κ2) is 6.24. The van der Waals surface area contributed by atoms with Crippen LogP contribution < -0.4 is 10.1 Å². The van der Waals surface area contributed by atoms with Crippen molar-refractivity contribution in [3.05, 3.63) is 29.3 Å². The Morgan fingerprint density at radius 1 is 1.33 bits per heavy atom. The number of ether oxygens (including phenoxy) is 1. The Balaban J connectivity index is 2.08. The molecular formula is C16H25NO. The van der Waals surface area contributed by atoms with Gasteiger partial charge in [0.2, 0.25) is 0 Å². The molecule has 0 heterocycles. The molecule has 0 saturated carbocycles. The molecule has 0 bridgehead atoms. The van der Waals surface area contributed by atoms with Crippen LogP contribution in [0.3, 0.4) is 0 Å². The van der Waals surface area contributed by atoms with E-state index < -0.39 is 0 Å². The van der Waals surface area contributed by atoms with E-state index >= 15 is 0 Å². The highest BCUT2D eigenvalue weighted by Gasteiger charge is 2.23. The highest BCUT2D eigenvalue weighted by molar-refractivity contribution is 5.45. The first-order valence-corrected chi connectivity index (χ1v) is 7.21. The normalized spacial score (nSPS) is 18.1. The first-order chi connectivity index (χ1) is 8.80. The van der Waals surface area contributed by atoms with Gasteiger partial charge in [0, 0.05) is 6.04 Å². The van der Waals surface area contributed by atoms with E-state index in [2.05, 4.69) is 37.4 Å². The highest BCUT2D eigenvalue weighted by Crippen LogP contribution is 2.36. The smallest absolute Gasteiger partial charge is 0.122 e. The fourth-order valence-corrected chi connectivity index (χ4v) is 2.79. The molecule has 0 aliphatic heterocycles. The summed E-state index contributed by atoms with van der Waals surface area (Å²) in [5, 5.41) is 3.38. The molecule has 1 atom stereocenters. The molecule has 0 saturated heterocycles. The third-order valence-electron chi connectivity index (χ3n) is 4.21. The van der Waals surface area contributed by atoms with Gasteiger partial charge in [-0.15, -0.1) is 0 Å². The molecule has 1 aromatic rings. The summed E-state index contributed by atoms with van der Waals surface area (Å²) in [6.07, 6.45) is 4.73. The molecule has 100 valence electrons. The van der Waals surface area contributed by atoms with E-state index in [1.54, 1.807) is 0 Å². The molecule has 1 aliphatic rings. The molecule has 2 rings (SSSR count). The minimum atomic E-state index is 0.511. The average Bonchev–Trinajstić information content (AvgIpc) is 2.83. The number of hydrogen-bond donors (Lipinski definition) is 1. The van der Waals surface area contributed by atoms with Crippen LogP contribution in [0.1, 0.15) is 50.3 Å². The molecular weight excluding hydrogens is 222 g/mol. The van der Waals surface area contributed by atoms with Crippen LogP contribution >= 0.6 is 0 Å². The van der Waals surface area contributed by atoms with Crippen molar-refractivity contribution in [2.45, 2.75) is 45.6 Å². The zero-order valence-corrected chi connectivity index (χ0v) is 11.8. The van der Waals surface area contributed by atoms with Crippen molar-refractivity contribution >= 4 is 0 Å². The summed E-state index contributed by atoms with van der Waals surface area (Å²) in [5.74, 6) is 1.79. The zero-order valence-electron chi connectivity index (χ0n) is 11.8. The predicted octanol–water partition coefficient (Wildman–Crippen LogP) is 3.71. The fraction of sp³-hybridized carbons (Fsp3) is 0.625. The Morgan fingerprint density at radius 3 is 2.78 bits per heavy atom. The lowest BCUT2D eigenvalue weighted by Gasteiger charge is -2.16. The number of hydrogen-bond acceptors (Lipinski definition) is 2. The second-order valence-electron chi connectivity index (χ2n) is 5.20. The summed E-state index contributed by atoms with van der Waals surface area (Å²) < 4.78 is 6.06. The van der Waals surface area contributed by atoms with Crippen LogP contribution in [-0.4, -0.2) is 13.7 Å². The van der Waals surface area contributed by atoms with Crippen molar-refractivity contribution in [3.8, 4) is 5.75 Å². The summed E-state index contributed by atoms with van der Waals surface area (Å²) in [4.78, 5) is 0. The van der Waals surface area contributed by atoms with Gasteiger partial charge in [-0.25, -0.2) is 0 Å². The summed E-state index contributed by atoms with van der Waals surface area (Å²) >= 11 is 0. The van der Waals surface area contributed by atoms with Crippen molar-refractivity contribution in [1.29, 1.82) is 0 Å². The van der Waals surface area contributed by atoms with Crippen molar-refractivity contribution in [3.63, 3.8) is 0 Å². The fourth-order valence-electron chi connectivity index (χ4n) is 2.79. The first kappa shape index (κ1) is 13.4. The molecule has 0 spiro atoms. The van der Waals surface area contributed by atoms with Gasteiger partial charge in [-0.1, -0.05) is 38.8 Å². The van der Waals surface area contributed by atoms with Crippen LogP contribution in [0.15, 0.2) is 18.2 Å². The maximum absolute atomic E-state index is 6.06. The maximum atomic E-state index is 6.06. The molecule has 18 heavy (non-hydrogen) atoms. The SMILES string of the molecule is CCC(CC)COc1cccc2c1CCC2NC. The maximum Gasteiger partial charge on any atom is 0.122 e. The van der Waals surface area contributed by atoms with Crippen molar-refractivity contribution in [2.24, 2.45) is 5.92 Å². The van der Waals surface area contributed by atoms with Crippen molar-refractivity contribution in [2.75, 3.05) is 13.7 Å². The second-order valence-corrected chi connectivity index (χ2v) is 5.20. The average molecular weight is 247 g/mol. The Hall–Kier alpha value is -1.02. The van der Waals surface area contributed by atoms with Gasteiger partial charge in [0.05, 0.1) is 6.61 Å². The Kier molecular flexibility index (Phi) is 4.65. The quantitative estimate of drug-likeness (QED) is 0.827. The van der Waals surface area contributed by atoms with Gasteiger partial charge >= 0.3 is 0 Å². The Morgan fingerprint density at radius 2 is 2.11 bits per heavy atom. The predicted molar refractivity (Wildman–Crippen MR) is 76.1 cm³/mol. The van der Waals surface area contributed by atoms with Crippen molar-refractivity contribution < 1.29 is 4.74 Å². The van der Waals surface area contributed by atoms with E-state index in [4.69, 9.17) is 4.74 Å². The number of rotatable bonds is 6. The lowest BCUT2D eigenvalue weighted by atomic mass is 10.0. The number of fused-ring (bicyclic) bond motifs is 1. The molecule has 1 aromatic carbocycles. The van der Waals surface area contributed by atoms with E-state index in [0.717, 1.165) is 18.8 Å². The molecule has 1 N–H and O–H groups in total. The lowest BCUT2D eigenvalue weighted by molar-refractivity contribution is 0.239. The first-order valence-electron chi connectivity index (χ1n) is 7.21.